The van der Waals surface area contributed by atoms with Crippen LogP contribution in [-0.4, -0.2) is 33.1 Å². The molecule has 0 radical (unpaired) electrons. The lowest BCUT2D eigenvalue weighted by atomic mass is 9.91. The van der Waals surface area contributed by atoms with Crippen molar-refractivity contribution in [3.63, 3.8) is 0 Å². The number of benzene rings is 3. The summed E-state index contributed by atoms with van der Waals surface area (Å²) in [4.78, 5) is 36.1. The van der Waals surface area contributed by atoms with E-state index in [0.29, 0.717) is 27.8 Å². The summed E-state index contributed by atoms with van der Waals surface area (Å²) in [5.74, 6) is -2.62. The molecular weight excluding hydrogens is 412 g/mol. The largest absolute Gasteiger partial charge is 0.504 e. The van der Waals surface area contributed by atoms with Gasteiger partial charge >= 0.3 is 5.97 Å². The highest BCUT2D eigenvalue weighted by atomic mass is 16.4. The smallest absolute Gasteiger partial charge is 0.335 e. The number of carbonyl (C=O) groups excluding carboxylic acids is 2. The van der Waals surface area contributed by atoms with Crippen molar-refractivity contribution in [3.8, 4) is 22.6 Å². The van der Waals surface area contributed by atoms with Gasteiger partial charge in [0.15, 0.2) is 11.5 Å². The Balaban J connectivity index is 1.68. The number of aromatic hydroxyl groups is 2. The van der Waals surface area contributed by atoms with Crippen LogP contribution in [0, 0.1) is 0 Å². The number of fused-ring (bicyclic) bond motifs is 1. The van der Waals surface area contributed by atoms with Gasteiger partial charge in [-0.15, -0.1) is 0 Å². The molecule has 8 heteroatoms. The molecule has 3 aromatic rings. The molecule has 160 valence electrons. The number of rotatable bonds is 5. The summed E-state index contributed by atoms with van der Waals surface area (Å²) < 4.78 is 0. The molecule has 0 bridgehead atoms. The average molecular weight is 430 g/mol. The minimum Gasteiger partial charge on any atom is -0.504 e. The van der Waals surface area contributed by atoms with Crippen LogP contribution in [0.1, 0.15) is 31.8 Å². The van der Waals surface area contributed by atoms with E-state index < -0.39 is 17.8 Å². The second-order valence-corrected chi connectivity index (χ2v) is 7.19. The van der Waals surface area contributed by atoms with E-state index >= 15 is 0 Å². The van der Waals surface area contributed by atoms with Gasteiger partial charge in [0.1, 0.15) is 0 Å². The van der Waals surface area contributed by atoms with Crippen molar-refractivity contribution in [2.45, 2.75) is 6.54 Å². The van der Waals surface area contributed by atoms with Gasteiger partial charge in [0.2, 0.25) is 0 Å². The van der Waals surface area contributed by atoms with Crippen LogP contribution in [0.3, 0.4) is 0 Å². The molecule has 1 aliphatic heterocycles. The fourth-order valence-corrected chi connectivity index (χ4v) is 3.43. The van der Waals surface area contributed by atoms with Gasteiger partial charge in [-0.3, -0.25) is 14.9 Å². The summed E-state index contributed by atoms with van der Waals surface area (Å²) in [6, 6.07) is 15.7. The third-order valence-corrected chi connectivity index (χ3v) is 5.06. The predicted molar refractivity (Wildman–Crippen MR) is 116 cm³/mol. The SMILES string of the molecule is O=C1NC(=O)c2ccc(-c3cccc(C(=O)O)c3)cc2C1=CNCc1ccc(O)c(O)c1. The molecule has 0 saturated heterocycles. The lowest BCUT2D eigenvalue weighted by Gasteiger charge is -2.19. The summed E-state index contributed by atoms with van der Waals surface area (Å²) in [6.07, 6.45) is 1.47. The summed E-state index contributed by atoms with van der Waals surface area (Å²) in [7, 11) is 0. The first-order valence-electron chi connectivity index (χ1n) is 9.62. The van der Waals surface area contributed by atoms with E-state index in [1.165, 1.54) is 30.5 Å². The molecule has 8 nitrogen and oxygen atoms in total. The normalized spacial score (nSPS) is 14.1. The zero-order valence-electron chi connectivity index (χ0n) is 16.6. The molecular formula is C24H18N2O6. The second kappa shape index (κ2) is 8.27. The molecule has 0 fully saturated rings. The Bertz CT molecular complexity index is 1300. The number of carbonyl (C=O) groups is 3. The number of amides is 2. The number of carboxylic acids is 1. The van der Waals surface area contributed by atoms with E-state index in [0.717, 1.165) is 0 Å². The summed E-state index contributed by atoms with van der Waals surface area (Å²) in [5.41, 5.74) is 3.06. The summed E-state index contributed by atoms with van der Waals surface area (Å²) >= 11 is 0. The Morgan fingerprint density at radius 1 is 0.875 bits per heavy atom. The number of hydrogen-bond acceptors (Lipinski definition) is 6. The molecule has 0 unspecified atom stereocenters. The molecule has 2 amide bonds. The molecule has 0 aromatic heterocycles. The number of hydrogen-bond donors (Lipinski definition) is 5. The van der Waals surface area contributed by atoms with Gasteiger partial charge < -0.3 is 20.6 Å². The van der Waals surface area contributed by atoms with Crippen molar-refractivity contribution in [1.82, 2.24) is 10.6 Å². The highest BCUT2D eigenvalue weighted by Crippen LogP contribution is 2.30. The Hall–Kier alpha value is -4.59. The van der Waals surface area contributed by atoms with Gasteiger partial charge in [-0.25, -0.2) is 4.79 Å². The van der Waals surface area contributed by atoms with Crippen molar-refractivity contribution >= 4 is 23.4 Å². The third kappa shape index (κ3) is 4.01. The quantitative estimate of drug-likeness (QED) is 0.239. The van der Waals surface area contributed by atoms with Gasteiger partial charge in [-0.05, 0) is 53.1 Å². The maximum absolute atomic E-state index is 12.5. The van der Waals surface area contributed by atoms with Crippen molar-refractivity contribution in [2.75, 3.05) is 0 Å². The maximum atomic E-state index is 12.5. The molecule has 1 heterocycles. The van der Waals surface area contributed by atoms with Crippen LogP contribution in [0.15, 0.2) is 66.9 Å². The average Bonchev–Trinajstić information content (AvgIpc) is 2.78. The van der Waals surface area contributed by atoms with Crippen LogP contribution < -0.4 is 10.6 Å². The van der Waals surface area contributed by atoms with Crippen molar-refractivity contribution < 1.29 is 29.7 Å². The van der Waals surface area contributed by atoms with Gasteiger partial charge in [0, 0.05) is 23.9 Å². The molecule has 4 rings (SSSR count). The monoisotopic (exact) mass is 430 g/mol. The Labute approximate surface area is 182 Å². The number of carboxylic acid groups (broad SMARTS) is 1. The highest BCUT2D eigenvalue weighted by Gasteiger charge is 2.27. The van der Waals surface area contributed by atoms with Crippen LogP contribution in [0.2, 0.25) is 0 Å². The van der Waals surface area contributed by atoms with Crippen molar-refractivity contribution in [3.05, 3.63) is 89.1 Å². The van der Waals surface area contributed by atoms with E-state index in [1.807, 2.05) is 0 Å². The Kier molecular flexibility index (Phi) is 5.34. The van der Waals surface area contributed by atoms with Crippen LogP contribution >= 0.6 is 0 Å². The number of phenols is 2. The van der Waals surface area contributed by atoms with E-state index in [-0.39, 0.29) is 29.2 Å². The fraction of sp³-hybridized carbons (Fsp3) is 0.0417. The zero-order chi connectivity index (χ0) is 22.8. The number of aromatic carboxylic acids is 1. The van der Waals surface area contributed by atoms with Gasteiger partial charge in [0.25, 0.3) is 11.8 Å². The zero-order valence-corrected chi connectivity index (χ0v) is 16.6. The lowest BCUT2D eigenvalue weighted by molar-refractivity contribution is -0.114. The Morgan fingerprint density at radius 3 is 2.41 bits per heavy atom. The third-order valence-electron chi connectivity index (χ3n) is 5.06. The summed E-state index contributed by atoms with van der Waals surface area (Å²) in [5, 5.41) is 33.5. The molecule has 0 spiro atoms. The van der Waals surface area contributed by atoms with Gasteiger partial charge in [-0.2, -0.15) is 0 Å². The minimum absolute atomic E-state index is 0.128. The number of nitrogens with one attached hydrogen (secondary N) is 2. The minimum atomic E-state index is -1.05. The standard InChI is InChI=1S/C24H18N2O6/c27-20-7-4-13(8-21(20)28)11-25-12-19-18-10-15(5-6-17(18)22(29)26-23(19)30)14-2-1-3-16(9-14)24(31)32/h1-10,12,25,27-28H,11H2,(H,31,32)(H,26,29,30). The predicted octanol–water partition coefficient (Wildman–Crippen LogP) is 2.86. The van der Waals surface area contributed by atoms with Crippen LogP contribution in [0.5, 0.6) is 11.5 Å². The Morgan fingerprint density at radius 2 is 1.66 bits per heavy atom. The molecule has 0 atom stereocenters. The molecule has 3 aromatic carbocycles. The molecule has 5 N–H and O–H groups in total. The van der Waals surface area contributed by atoms with E-state index in [9.17, 15) is 29.7 Å². The van der Waals surface area contributed by atoms with Gasteiger partial charge in [-0.1, -0.05) is 24.3 Å². The first-order chi connectivity index (χ1) is 15.3. The van der Waals surface area contributed by atoms with E-state index in [2.05, 4.69) is 10.6 Å². The molecule has 1 aliphatic rings. The first kappa shape index (κ1) is 20.7. The van der Waals surface area contributed by atoms with Crippen molar-refractivity contribution in [2.24, 2.45) is 0 Å². The van der Waals surface area contributed by atoms with Crippen molar-refractivity contribution in [1.29, 1.82) is 0 Å². The van der Waals surface area contributed by atoms with E-state index in [1.54, 1.807) is 36.4 Å². The first-order valence-corrected chi connectivity index (χ1v) is 9.62. The molecule has 32 heavy (non-hydrogen) atoms. The molecule has 0 aliphatic carbocycles. The number of imide groups is 1. The van der Waals surface area contributed by atoms with Crippen LogP contribution in [0.25, 0.3) is 16.7 Å². The highest BCUT2D eigenvalue weighted by molar-refractivity contribution is 6.31. The number of phenolic OH excluding ortho intramolecular Hbond substituents is 2. The van der Waals surface area contributed by atoms with Gasteiger partial charge in [0.05, 0.1) is 11.1 Å². The lowest BCUT2D eigenvalue weighted by Crippen LogP contribution is -2.37. The molecule has 0 saturated carbocycles. The topological polar surface area (TPSA) is 136 Å². The fourth-order valence-electron chi connectivity index (χ4n) is 3.43. The summed E-state index contributed by atoms with van der Waals surface area (Å²) in [6.45, 7) is 0.258. The second-order valence-electron chi connectivity index (χ2n) is 7.19. The maximum Gasteiger partial charge on any atom is 0.335 e. The van der Waals surface area contributed by atoms with E-state index in [4.69, 9.17) is 0 Å². The van der Waals surface area contributed by atoms with Crippen LogP contribution in [0.4, 0.5) is 0 Å². The van der Waals surface area contributed by atoms with Crippen LogP contribution in [-0.2, 0) is 11.3 Å².